The van der Waals surface area contributed by atoms with Crippen LogP contribution in [-0.2, 0) is 9.47 Å². The molecule has 7 nitrogen and oxygen atoms in total. The van der Waals surface area contributed by atoms with Gasteiger partial charge in [0, 0.05) is 12.8 Å². The predicted octanol–water partition coefficient (Wildman–Crippen LogP) is 0.950. The molecule has 2 N–H and O–H groups in total. The molecule has 7 heteroatoms. The second-order valence-corrected chi connectivity index (χ2v) is 4.43. The van der Waals surface area contributed by atoms with Crippen molar-refractivity contribution in [3.05, 3.63) is 23.7 Å². The lowest BCUT2D eigenvalue weighted by Gasteiger charge is -2.08. The Morgan fingerprint density at radius 1 is 1.58 bits per heavy atom. The summed E-state index contributed by atoms with van der Waals surface area (Å²) < 4.78 is 12.0. The van der Waals surface area contributed by atoms with E-state index in [1.165, 1.54) is 13.2 Å². The smallest absolute Gasteiger partial charge is 0.339 e. The Kier molecular flexibility index (Phi) is 2.83. The maximum absolute atomic E-state index is 11.6. The molecule has 1 aliphatic heterocycles. The van der Waals surface area contributed by atoms with Gasteiger partial charge in [0.2, 0.25) is 0 Å². The molecule has 100 valence electrons. The third kappa shape index (κ3) is 1.91. The van der Waals surface area contributed by atoms with E-state index in [9.17, 15) is 4.79 Å². The van der Waals surface area contributed by atoms with Gasteiger partial charge in [0.1, 0.15) is 6.10 Å². The van der Waals surface area contributed by atoms with Crippen molar-refractivity contribution < 1.29 is 14.3 Å². The number of nitrogens with two attached hydrogens (primary N) is 1. The summed E-state index contributed by atoms with van der Waals surface area (Å²) >= 11 is 0. The Bertz CT molecular complexity index is 631. The molecule has 0 amide bonds. The van der Waals surface area contributed by atoms with Gasteiger partial charge in [-0.2, -0.15) is 0 Å². The van der Waals surface area contributed by atoms with Crippen LogP contribution in [0.4, 0.5) is 5.69 Å². The number of anilines is 1. The molecule has 2 aromatic heterocycles. The zero-order chi connectivity index (χ0) is 13.4. The third-order valence-electron chi connectivity index (χ3n) is 3.20. The number of fused-ring (bicyclic) bond motifs is 1. The summed E-state index contributed by atoms with van der Waals surface area (Å²) in [6.45, 7) is 0.714. The maximum atomic E-state index is 11.6. The summed E-state index contributed by atoms with van der Waals surface area (Å²) in [5.41, 5.74) is 7.17. The predicted molar refractivity (Wildman–Crippen MR) is 66.7 cm³/mol. The summed E-state index contributed by atoms with van der Waals surface area (Å²) in [5, 5.41) is 8.17. The summed E-state index contributed by atoms with van der Waals surface area (Å²) in [5.74, 6) is 0.227. The van der Waals surface area contributed by atoms with Crippen LogP contribution in [-0.4, -0.2) is 34.3 Å². The van der Waals surface area contributed by atoms with Gasteiger partial charge < -0.3 is 15.2 Å². The lowest BCUT2D eigenvalue weighted by molar-refractivity contribution is 0.0600. The normalized spacial score (nSPS) is 18.9. The minimum Gasteiger partial charge on any atom is -0.465 e. The molecule has 0 spiro atoms. The van der Waals surface area contributed by atoms with Gasteiger partial charge in [0.25, 0.3) is 0 Å². The van der Waals surface area contributed by atoms with E-state index >= 15 is 0 Å². The minimum atomic E-state index is -0.444. The number of carbonyl (C=O) groups is 1. The molecule has 1 aliphatic rings. The first kappa shape index (κ1) is 11.9. The Balaban J connectivity index is 2.14. The molecule has 0 radical (unpaired) electrons. The number of rotatable bonds is 2. The van der Waals surface area contributed by atoms with Crippen molar-refractivity contribution in [3.8, 4) is 0 Å². The lowest BCUT2D eigenvalue weighted by atomic mass is 10.2. The second kappa shape index (κ2) is 4.51. The number of nitrogen functional groups attached to an aromatic ring is 1. The SMILES string of the molecule is COC(=O)c1cc(N)c2nnc([C@@H]3CCCO3)n2c1. The van der Waals surface area contributed by atoms with Crippen LogP contribution in [0.5, 0.6) is 0 Å². The first-order valence-electron chi connectivity index (χ1n) is 6.05. The van der Waals surface area contributed by atoms with Crippen LogP contribution in [0.25, 0.3) is 5.65 Å². The van der Waals surface area contributed by atoms with E-state index in [1.54, 1.807) is 10.6 Å². The number of hydrogen-bond acceptors (Lipinski definition) is 6. The summed E-state index contributed by atoms with van der Waals surface area (Å²) in [6, 6.07) is 1.54. The molecule has 3 rings (SSSR count). The van der Waals surface area contributed by atoms with Gasteiger partial charge in [-0.1, -0.05) is 0 Å². The van der Waals surface area contributed by atoms with Crippen molar-refractivity contribution in [1.29, 1.82) is 0 Å². The molecule has 2 aromatic rings. The molecule has 1 saturated heterocycles. The Morgan fingerprint density at radius 2 is 2.42 bits per heavy atom. The highest BCUT2D eigenvalue weighted by atomic mass is 16.5. The summed E-state index contributed by atoms with van der Waals surface area (Å²) in [7, 11) is 1.33. The molecule has 3 heterocycles. The number of aromatic nitrogens is 3. The van der Waals surface area contributed by atoms with Gasteiger partial charge in [-0.05, 0) is 18.9 Å². The first-order chi connectivity index (χ1) is 9.20. The fourth-order valence-corrected chi connectivity index (χ4v) is 2.27. The standard InChI is InChI=1S/C12H14N4O3/c1-18-12(17)7-5-8(13)10-14-15-11(16(10)6-7)9-3-2-4-19-9/h5-6,9H,2-4,13H2,1H3/t9-/m0/s1. The van der Waals surface area contributed by atoms with E-state index in [-0.39, 0.29) is 6.10 Å². The lowest BCUT2D eigenvalue weighted by Crippen LogP contribution is -2.08. The fourth-order valence-electron chi connectivity index (χ4n) is 2.27. The number of ether oxygens (including phenoxy) is 2. The number of carbonyl (C=O) groups excluding carboxylic acids is 1. The molecule has 0 saturated carbocycles. The fraction of sp³-hybridized carbons (Fsp3) is 0.417. The first-order valence-corrected chi connectivity index (χ1v) is 6.05. The van der Waals surface area contributed by atoms with Gasteiger partial charge >= 0.3 is 5.97 Å². The van der Waals surface area contributed by atoms with E-state index in [0.717, 1.165) is 12.8 Å². The van der Waals surface area contributed by atoms with E-state index in [1.807, 2.05) is 0 Å². The molecular formula is C12H14N4O3. The van der Waals surface area contributed by atoms with Crippen molar-refractivity contribution in [2.24, 2.45) is 0 Å². The van der Waals surface area contributed by atoms with Crippen molar-refractivity contribution in [2.45, 2.75) is 18.9 Å². The zero-order valence-electron chi connectivity index (χ0n) is 10.5. The highest BCUT2D eigenvalue weighted by molar-refractivity contribution is 5.91. The average molecular weight is 262 g/mol. The Labute approximate surface area is 109 Å². The van der Waals surface area contributed by atoms with Crippen molar-refractivity contribution in [3.63, 3.8) is 0 Å². The molecular weight excluding hydrogens is 248 g/mol. The molecule has 1 fully saturated rings. The van der Waals surface area contributed by atoms with Crippen LogP contribution >= 0.6 is 0 Å². The third-order valence-corrected chi connectivity index (χ3v) is 3.20. The van der Waals surface area contributed by atoms with Gasteiger partial charge in [-0.25, -0.2) is 4.79 Å². The maximum Gasteiger partial charge on any atom is 0.339 e. The topological polar surface area (TPSA) is 91.7 Å². The number of pyridine rings is 1. The highest BCUT2D eigenvalue weighted by Gasteiger charge is 2.24. The largest absolute Gasteiger partial charge is 0.465 e. The van der Waals surface area contributed by atoms with Crippen molar-refractivity contribution in [1.82, 2.24) is 14.6 Å². The van der Waals surface area contributed by atoms with Crippen molar-refractivity contribution >= 4 is 17.3 Å². The van der Waals surface area contributed by atoms with Crippen LogP contribution in [0.3, 0.4) is 0 Å². The Hall–Kier alpha value is -2.15. The van der Waals surface area contributed by atoms with E-state index < -0.39 is 5.97 Å². The Morgan fingerprint density at radius 3 is 3.11 bits per heavy atom. The molecule has 0 bridgehead atoms. The highest BCUT2D eigenvalue weighted by Crippen LogP contribution is 2.28. The molecule has 0 aliphatic carbocycles. The van der Waals surface area contributed by atoms with Crippen LogP contribution in [0.2, 0.25) is 0 Å². The molecule has 1 atom stereocenters. The monoisotopic (exact) mass is 262 g/mol. The molecule has 0 aromatic carbocycles. The number of methoxy groups -OCH3 is 1. The quantitative estimate of drug-likeness (QED) is 0.810. The number of hydrogen-bond donors (Lipinski definition) is 1. The van der Waals surface area contributed by atoms with E-state index in [2.05, 4.69) is 10.2 Å². The van der Waals surface area contributed by atoms with E-state index in [4.69, 9.17) is 15.2 Å². The van der Waals surface area contributed by atoms with Crippen LogP contribution in [0, 0.1) is 0 Å². The molecule has 0 unspecified atom stereocenters. The van der Waals surface area contributed by atoms with Crippen molar-refractivity contribution in [2.75, 3.05) is 19.5 Å². The molecule has 19 heavy (non-hydrogen) atoms. The second-order valence-electron chi connectivity index (χ2n) is 4.43. The summed E-state index contributed by atoms with van der Waals surface area (Å²) in [6.07, 6.45) is 3.42. The summed E-state index contributed by atoms with van der Waals surface area (Å²) in [4.78, 5) is 11.6. The van der Waals surface area contributed by atoms with Gasteiger partial charge in [0.05, 0.1) is 18.4 Å². The van der Waals surface area contributed by atoms with Crippen LogP contribution in [0.15, 0.2) is 12.3 Å². The number of esters is 1. The number of nitrogens with zero attached hydrogens (tertiary/aromatic N) is 3. The minimum absolute atomic E-state index is 0.0951. The van der Waals surface area contributed by atoms with E-state index in [0.29, 0.717) is 29.3 Å². The van der Waals surface area contributed by atoms with Gasteiger partial charge in [-0.15, -0.1) is 10.2 Å². The zero-order valence-corrected chi connectivity index (χ0v) is 10.5. The van der Waals surface area contributed by atoms with Gasteiger partial charge in [-0.3, -0.25) is 4.40 Å². The van der Waals surface area contributed by atoms with Crippen LogP contribution in [0.1, 0.15) is 35.1 Å². The average Bonchev–Trinajstić information content (AvgIpc) is 3.05. The van der Waals surface area contributed by atoms with Gasteiger partial charge in [0.15, 0.2) is 11.5 Å². The van der Waals surface area contributed by atoms with Crippen LogP contribution < -0.4 is 5.73 Å².